The second-order valence-electron chi connectivity index (χ2n) is 17.2. The molecule has 38 nitrogen and oxygen atoms in total. The largest absolute Gasteiger partial charge is 1.00 e. The van der Waals surface area contributed by atoms with Gasteiger partial charge in [-0.3, -0.25) is 20.9 Å². The van der Waals surface area contributed by atoms with E-state index >= 15 is 0 Å². The average molecular weight is 1350 g/mol. The summed E-state index contributed by atoms with van der Waals surface area (Å²) in [6.07, 6.45) is -61.2. The van der Waals surface area contributed by atoms with Crippen molar-refractivity contribution in [1.82, 2.24) is 0 Å². The molecule has 0 amide bonds. The summed E-state index contributed by atoms with van der Waals surface area (Å²) in [5, 5.41) is 79.0. The molecule has 0 spiro atoms. The molecule has 0 aliphatic carbocycles. The fourth-order valence-corrected chi connectivity index (χ4v) is 11.0. The number of hydrogen-bond donors (Lipinski definition) is 6. The molecule has 0 aromatic rings. The van der Waals surface area contributed by atoms with Crippen LogP contribution >= 0.6 is 0 Å². The molecule has 0 bridgehead atoms. The van der Waals surface area contributed by atoms with E-state index in [9.17, 15) is 105 Å². The SMILES string of the molecule is CCCO[C@H]1O[C@H](C)[C@H](OS(=O)(=O)[O-])[C@H](O[C@H]2O[C@H](C)[C@H](OS(=O)(=O)[O-])[C@H](O[C@H]3O[C@H](C)[C@H](OS(=O)(=O)[O-])[C@H](OS(=O)(=O)[O-])[C@H]3O)[C@H]2O[C@H]2O[C@H](C(=O)[O-])[C@@H](O)[C@H](O)[C@H]2O[C@@H]2O[C@H]([C@@H](C)O)[C@@H](OS(=O)(=O)[O-])[C@@H]2O)[C@H]1O.[Na+].[Na+].[Na+].[Na+].[Na+].[Na+]. The molecule has 5 rings (SSSR count). The van der Waals surface area contributed by atoms with Crippen LogP contribution < -0.4 is 182 Å². The minimum Gasteiger partial charge on any atom is -0.726 e. The number of rotatable bonds is 23. The number of hydrogen-bond acceptors (Lipinski definition) is 38. The van der Waals surface area contributed by atoms with Gasteiger partial charge in [0.15, 0.2) is 31.5 Å². The van der Waals surface area contributed by atoms with E-state index in [1.807, 2.05) is 0 Å². The fraction of sp³-hybridized carbons (Fsp3) is 0.970. The third-order valence-corrected chi connectivity index (χ3v) is 13.8. The maximum atomic E-state index is 12.4. The summed E-state index contributed by atoms with van der Waals surface area (Å²) in [5.41, 5.74) is 0. The Bertz CT molecular complexity index is 2560. The van der Waals surface area contributed by atoms with Crippen molar-refractivity contribution in [3.05, 3.63) is 0 Å². The summed E-state index contributed by atoms with van der Waals surface area (Å²) >= 11 is 0. The van der Waals surface area contributed by atoms with Crippen LogP contribution in [0.5, 0.6) is 0 Å². The van der Waals surface area contributed by atoms with E-state index < -0.39 is 211 Å². The van der Waals surface area contributed by atoms with Gasteiger partial charge in [0, 0.05) is 6.61 Å². The second kappa shape index (κ2) is 36.2. The predicted molar refractivity (Wildman–Crippen MR) is 216 cm³/mol. The fourth-order valence-electron chi connectivity index (χ4n) is 8.37. The quantitative estimate of drug-likeness (QED) is 0.0314. The van der Waals surface area contributed by atoms with Crippen molar-refractivity contribution in [2.45, 2.75) is 195 Å². The average Bonchev–Trinajstić information content (AvgIpc) is 3.55. The Morgan fingerprint density at radius 3 is 1.21 bits per heavy atom. The maximum Gasteiger partial charge on any atom is 1.00 e. The standard InChI is InChI=1S/C33H56O38S5.6Na/c1-6-7-57-29-14(37)21(18(9(3)58-29)67-72(42,43)44)62-33-27(66-32-25(13(36)12(35)24(63-32)28(40)41)64-31-15(38)22(70-75(51,52)53)17(61-31)8(2)34)26(20(11(5)60-33)69-74(48,49)50)65-30-16(39)23(71-76(54,55)56)19(10(4)59-30)68-73(45,46)47;;;;;;/h8-27,29-39H,6-7H2,1-5H3,(H,40,41)(H,42,43,44)(H,45,46,47)(H,48,49,50)(H,51,52,53)(H,54,55,56);;;;;;/q;6*+1/p-6/t8-,9-,10-,11-,12+,13+,14-,15+,16-,17-,18+,19+,20+,21-,22+,23-,24+,25-,26+,27-,29+,30-,31+,32-,33-;;;;;;/m1....../s1. The molecule has 0 saturated carbocycles. The van der Waals surface area contributed by atoms with Gasteiger partial charge in [0.05, 0.1) is 30.4 Å². The van der Waals surface area contributed by atoms with Crippen LogP contribution in [0.2, 0.25) is 0 Å². The molecule has 82 heavy (non-hydrogen) atoms. The van der Waals surface area contributed by atoms with Gasteiger partial charge in [-0.05, 0) is 34.1 Å². The van der Waals surface area contributed by atoms with Crippen LogP contribution in [-0.2, 0) is 125 Å². The van der Waals surface area contributed by atoms with Crippen LogP contribution in [-0.4, -0.2) is 262 Å². The Morgan fingerprint density at radius 2 is 0.768 bits per heavy atom. The van der Waals surface area contributed by atoms with Crippen molar-refractivity contribution in [3.63, 3.8) is 0 Å². The van der Waals surface area contributed by atoms with E-state index in [0.717, 1.165) is 27.7 Å². The van der Waals surface area contributed by atoms with Crippen LogP contribution in [0.25, 0.3) is 0 Å². The summed E-state index contributed by atoms with van der Waals surface area (Å²) < 4.78 is 257. The van der Waals surface area contributed by atoms with Crippen molar-refractivity contribution in [1.29, 1.82) is 0 Å². The van der Waals surface area contributed by atoms with Gasteiger partial charge in [-0.25, -0.2) is 42.1 Å². The van der Waals surface area contributed by atoms with Crippen LogP contribution in [0.1, 0.15) is 41.0 Å². The van der Waals surface area contributed by atoms with Gasteiger partial charge in [0.2, 0.25) is 52.0 Å². The van der Waals surface area contributed by atoms with E-state index in [2.05, 4.69) is 20.9 Å². The van der Waals surface area contributed by atoms with Gasteiger partial charge in [0.1, 0.15) is 97.7 Å². The first-order valence-corrected chi connectivity index (χ1v) is 28.4. The topological polar surface area (TPSA) is 586 Å². The van der Waals surface area contributed by atoms with E-state index in [1.54, 1.807) is 6.92 Å². The van der Waals surface area contributed by atoms with Crippen molar-refractivity contribution < 1.29 is 351 Å². The minimum atomic E-state index is -6.11. The maximum absolute atomic E-state index is 12.4. The molecule has 5 saturated heterocycles. The summed E-state index contributed by atoms with van der Waals surface area (Å²) in [6.45, 7) is 4.98. The first kappa shape index (κ1) is 88.2. The minimum absolute atomic E-state index is 0. The van der Waals surface area contributed by atoms with Gasteiger partial charge >= 0.3 is 177 Å². The van der Waals surface area contributed by atoms with Crippen LogP contribution in [0, 0.1) is 0 Å². The Hall–Kier alpha value is 4.18. The number of carbonyl (C=O) groups excluding carboxylic acids is 1. The zero-order chi connectivity index (χ0) is 57.5. The van der Waals surface area contributed by atoms with E-state index in [0.29, 0.717) is 0 Å². The Kier molecular flexibility index (Phi) is 38.9. The zero-order valence-corrected chi connectivity index (χ0v) is 61.2. The third kappa shape index (κ3) is 24.8. The molecule has 5 aliphatic heterocycles. The van der Waals surface area contributed by atoms with Crippen LogP contribution in [0.3, 0.4) is 0 Å². The molecule has 0 unspecified atom stereocenters. The number of aliphatic hydroxyl groups excluding tert-OH is 6. The van der Waals surface area contributed by atoms with Crippen LogP contribution in [0.4, 0.5) is 0 Å². The van der Waals surface area contributed by atoms with Gasteiger partial charge in [0.25, 0.3) is 0 Å². The predicted octanol–water partition coefficient (Wildman–Crippen LogP) is -28.2. The number of aliphatic carboxylic acids is 1. The van der Waals surface area contributed by atoms with Crippen molar-refractivity contribution in [3.8, 4) is 0 Å². The first-order valence-electron chi connectivity index (χ1n) is 21.7. The number of carboxylic acid groups (broad SMARTS) is 1. The number of aliphatic hydroxyl groups is 6. The molecule has 49 heteroatoms. The number of ether oxygens (including phenoxy) is 10. The van der Waals surface area contributed by atoms with E-state index in [-0.39, 0.29) is 190 Å². The summed E-state index contributed by atoms with van der Waals surface area (Å²) in [4.78, 5) is 12.4. The van der Waals surface area contributed by atoms with E-state index in [4.69, 9.17) is 47.4 Å². The second-order valence-corrected chi connectivity index (χ2v) is 22.2. The van der Waals surface area contributed by atoms with Gasteiger partial charge in [-0.2, -0.15) is 0 Å². The molecule has 5 heterocycles. The molecule has 6 N–H and O–H groups in total. The van der Waals surface area contributed by atoms with Gasteiger partial charge in [-0.15, -0.1) is 0 Å². The summed E-state index contributed by atoms with van der Waals surface area (Å²) in [5.74, 6) is -2.38. The monoisotopic (exact) mass is 1350 g/mol. The number of carbonyl (C=O) groups is 1. The molecule has 0 aromatic carbocycles. The van der Waals surface area contributed by atoms with Crippen molar-refractivity contribution in [2.75, 3.05) is 6.61 Å². The number of carboxylic acids is 1. The zero-order valence-electron chi connectivity index (χ0n) is 45.1. The van der Waals surface area contributed by atoms with Crippen LogP contribution in [0.15, 0.2) is 0 Å². The Labute approximate surface area is 601 Å². The van der Waals surface area contributed by atoms with Gasteiger partial charge < -0.3 is 111 Å². The smallest absolute Gasteiger partial charge is 0.726 e. The molecule has 5 aliphatic rings. The Balaban J connectivity index is 0. The molecule has 0 aromatic heterocycles. The third-order valence-electron chi connectivity index (χ3n) is 11.5. The molecule has 5 fully saturated rings. The summed E-state index contributed by atoms with van der Waals surface area (Å²) in [6, 6.07) is 0. The van der Waals surface area contributed by atoms with Crippen molar-refractivity contribution >= 4 is 58.0 Å². The van der Waals surface area contributed by atoms with Gasteiger partial charge in [-0.1, -0.05) is 6.92 Å². The molecule has 0 radical (unpaired) electrons. The molecular formula is C33H50Na6O38S5. The first-order chi connectivity index (χ1) is 34.7. The van der Waals surface area contributed by atoms with E-state index in [1.165, 1.54) is 0 Å². The van der Waals surface area contributed by atoms with Crippen molar-refractivity contribution in [2.24, 2.45) is 0 Å². The molecule has 446 valence electrons. The molecular weight excluding hydrogens is 1300 g/mol. The Morgan fingerprint density at radius 1 is 0.439 bits per heavy atom. The summed E-state index contributed by atoms with van der Waals surface area (Å²) in [7, 11) is -29.7. The normalized spacial score (nSPS) is 39.5. The molecule has 25 atom stereocenters.